The number of nitrogens with zero attached hydrogens (tertiary/aromatic N) is 2. The molecule has 0 unspecified atom stereocenters. The van der Waals surface area contributed by atoms with Gasteiger partial charge in [0.25, 0.3) is 0 Å². The molecule has 5 aliphatic rings. The number of likely N-dealkylation sites (tertiary alicyclic amines) is 1. The van der Waals surface area contributed by atoms with E-state index in [1.807, 2.05) is 54.4 Å². The van der Waals surface area contributed by atoms with Gasteiger partial charge >= 0.3 is 5.97 Å². The zero-order valence-electron chi connectivity index (χ0n) is 23.6. The van der Waals surface area contributed by atoms with Crippen LogP contribution in [0.1, 0.15) is 55.7 Å². The second-order valence-electron chi connectivity index (χ2n) is 12.3. The van der Waals surface area contributed by atoms with Gasteiger partial charge < -0.3 is 19.1 Å². The molecular weight excluding hydrogens is 504 g/mol. The molecule has 0 aromatic heterocycles. The molecule has 2 heterocycles. The Morgan fingerprint density at radius 1 is 1.12 bits per heavy atom. The number of likely N-dealkylation sites (N-methyl/N-ethyl adjacent to an activating group) is 1. The molecule has 0 N–H and O–H groups in total. The zero-order chi connectivity index (χ0) is 27.6. The fourth-order valence-corrected chi connectivity index (χ4v) is 8.45. The number of hydrogen-bond acceptors (Lipinski definition) is 6. The summed E-state index contributed by atoms with van der Waals surface area (Å²) in [4.78, 5) is 30.8. The standard InChI is InChI=1S/C33H38N2O5/c1-21(36)40-33-16-15-25(34(2)28(37)14-11-22-7-5-4-6-8-22)31-32(33)17-18-35(20-23-9-10-23)27(33)19-24-12-13-26(38-3)30(39-31)29(24)32/h4-8,11-14,23,25,27,31H,9-10,15-20H2,1-3H3/t25-,27-,31+,32+,33-/m1/s1. The van der Waals surface area contributed by atoms with Crippen LogP contribution in [0, 0.1) is 5.92 Å². The lowest BCUT2D eigenvalue weighted by Gasteiger charge is -2.65. The van der Waals surface area contributed by atoms with E-state index >= 15 is 0 Å². The summed E-state index contributed by atoms with van der Waals surface area (Å²) in [5.41, 5.74) is 2.14. The predicted molar refractivity (Wildman–Crippen MR) is 151 cm³/mol. The number of rotatable bonds is 7. The molecule has 210 valence electrons. The maximum atomic E-state index is 13.5. The van der Waals surface area contributed by atoms with E-state index in [1.165, 1.54) is 25.3 Å². The van der Waals surface area contributed by atoms with Gasteiger partial charge in [0.05, 0.1) is 24.6 Å². The maximum Gasteiger partial charge on any atom is 0.303 e. The number of benzene rings is 2. The van der Waals surface area contributed by atoms with E-state index in [4.69, 9.17) is 14.2 Å². The van der Waals surface area contributed by atoms with Gasteiger partial charge in [-0.05, 0) is 74.3 Å². The summed E-state index contributed by atoms with van der Waals surface area (Å²) in [6, 6.07) is 14.0. The van der Waals surface area contributed by atoms with Gasteiger partial charge in [-0.15, -0.1) is 0 Å². The van der Waals surface area contributed by atoms with Crippen molar-refractivity contribution in [3.05, 3.63) is 65.2 Å². The fraction of sp³-hybridized carbons (Fsp3) is 0.515. The average Bonchev–Trinajstić information content (AvgIpc) is 3.70. The van der Waals surface area contributed by atoms with Crippen molar-refractivity contribution in [2.75, 3.05) is 27.2 Å². The summed E-state index contributed by atoms with van der Waals surface area (Å²) in [6.07, 6.45) is 8.77. The summed E-state index contributed by atoms with van der Waals surface area (Å²) in [5.74, 6) is 1.90. The Morgan fingerprint density at radius 2 is 1.93 bits per heavy atom. The molecule has 1 amide bonds. The molecule has 1 spiro atoms. The first-order valence-electron chi connectivity index (χ1n) is 14.7. The van der Waals surface area contributed by atoms with Crippen molar-refractivity contribution in [2.45, 2.75) is 74.7 Å². The van der Waals surface area contributed by atoms with Crippen molar-refractivity contribution in [1.29, 1.82) is 0 Å². The van der Waals surface area contributed by atoms with Crippen LogP contribution in [0.4, 0.5) is 0 Å². The first-order chi connectivity index (χ1) is 19.4. The van der Waals surface area contributed by atoms with Gasteiger partial charge in [0.1, 0.15) is 11.7 Å². The summed E-state index contributed by atoms with van der Waals surface area (Å²) in [6.45, 7) is 3.52. The normalized spacial score (nSPS) is 31.8. The summed E-state index contributed by atoms with van der Waals surface area (Å²) in [7, 11) is 3.55. The van der Waals surface area contributed by atoms with Gasteiger partial charge in [0.2, 0.25) is 5.91 Å². The molecule has 3 fully saturated rings. The third-order valence-electron chi connectivity index (χ3n) is 10.3. The topological polar surface area (TPSA) is 68.3 Å². The number of amides is 1. The van der Waals surface area contributed by atoms with Crippen LogP contribution >= 0.6 is 0 Å². The highest BCUT2D eigenvalue weighted by Gasteiger charge is 2.75. The lowest BCUT2D eigenvalue weighted by atomic mass is 9.48. The van der Waals surface area contributed by atoms with Crippen LogP contribution in [0.3, 0.4) is 0 Å². The van der Waals surface area contributed by atoms with Gasteiger partial charge in [-0.25, -0.2) is 0 Å². The van der Waals surface area contributed by atoms with Crippen molar-refractivity contribution < 1.29 is 23.8 Å². The molecule has 7 rings (SSSR count). The molecule has 0 radical (unpaired) electrons. The van der Waals surface area contributed by atoms with Crippen LogP contribution in [0.15, 0.2) is 48.5 Å². The third kappa shape index (κ3) is 3.66. The van der Waals surface area contributed by atoms with Crippen LogP contribution in [0.25, 0.3) is 6.08 Å². The lowest BCUT2D eigenvalue weighted by Crippen LogP contribution is -2.79. The van der Waals surface area contributed by atoms with E-state index in [1.54, 1.807) is 13.2 Å². The van der Waals surface area contributed by atoms with Crippen LogP contribution < -0.4 is 9.47 Å². The van der Waals surface area contributed by atoms with E-state index in [0.717, 1.165) is 48.7 Å². The molecule has 2 aliphatic heterocycles. The number of methoxy groups -OCH3 is 1. The van der Waals surface area contributed by atoms with E-state index in [-0.39, 0.29) is 30.1 Å². The number of esters is 1. The number of piperidine rings is 1. The largest absolute Gasteiger partial charge is 0.493 e. The van der Waals surface area contributed by atoms with E-state index in [2.05, 4.69) is 11.0 Å². The van der Waals surface area contributed by atoms with E-state index in [9.17, 15) is 9.59 Å². The number of carbonyl (C=O) groups is 2. The molecule has 3 aliphatic carbocycles. The minimum Gasteiger partial charge on any atom is -0.493 e. The van der Waals surface area contributed by atoms with Gasteiger partial charge in [-0.3, -0.25) is 14.5 Å². The van der Waals surface area contributed by atoms with Gasteiger partial charge in [0.15, 0.2) is 11.5 Å². The minimum atomic E-state index is -0.707. The molecule has 2 bridgehead atoms. The Balaban J connectivity index is 1.32. The summed E-state index contributed by atoms with van der Waals surface area (Å²) in [5, 5.41) is 0. The summed E-state index contributed by atoms with van der Waals surface area (Å²) >= 11 is 0. The highest BCUT2D eigenvalue weighted by Crippen LogP contribution is 2.67. The van der Waals surface area contributed by atoms with Gasteiger partial charge in [-0.2, -0.15) is 0 Å². The Kier molecular flexibility index (Phi) is 6.00. The molecule has 2 aromatic rings. The van der Waals surface area contributed by atoms with E-state index < -0.39 is 11.0 Å². The quantitative estimate of drug-likeness (QED) is 0.382. The second kappa shape index (κ2) is 9.37. The Bertz CT molecular complexity index is 1370. The van der Waals surface area contributed by atoms with Gasteiger partial charge in [-0.1, -0.05) is 36.4 Å². The van der Waals surface area contributed by atoms with Crippen LogP contribution in [-0.4, -0.2) is 72.7 Å². The maximum absolute atomic E-state index is 13.5. The van der Waals surface area contributed by atoms with Crippen molar-refractivity contribution in [2.24, 2.45) is 5.92 Å². The minimum absolute atomic E-state index is 0.0597. The Hall–Kier alpha value is -3.32. The van der Waals surface area contributed by atoms with Crippen molar-refractivity contribution in [3.63, 3.8) is 0 Å². The second-order valence-corrected chi connectivity index (χ2v) is 12.3. The Morgan fingerprint density at radius 3 is 2.65 bits per heavy atom. The molecule has 2 saturated carbocycles. The average molecular weight is 543 g/mol. The molecule has 5 atom stereocenters. The lowest BCUT2D eigenvalue weighted by molar-refractivity contribution is -0.223. The fourth-order valence-electron chi connectivity index (χ4n) is 8.45. The number of ether oxygens (including phenoxy) is 3. The van der Waals surface area contributed by atoms with Crippen molar-refractivity contribution in [3.8, 4) is 11.5 Å². The first kappa shape index (κ1) is 25.6. The summed E-state index contributed by atoms with van der Waals surface area (Å²) < 4.78 is 19.3. The molecule has 2 aromatic carbocycles. The smallest absolute Gasteiger partial charge is 0.303 e. The van der Waals surface area contributed by atoms with Crippen LogP contribution in [0.2, 0.25) is 0 Å². The highest BCUT2D eigenvalue weighted by atomic mass is 16.6. The molecule has 7 nitrogen and oxygen atoms in total. The van der Waals surface area contributed by atoms with Crippen molar-refractivity contribution in [1.82, 2.24) is 9.80 Å². The first-order valence-corrected chi connectivity index (χ1v) is 14.7. The SMILES string of the molecule is COc1ccc2c3c1O[C@H]1[C@H](N(C)C(=O)C=Cc4ccccc4)CC[C@@]4(OC(C)=O)[C@@H](C2)N(CC2CC2)CC[C@]314. The molecule has 7 heteroatoms. The Labute approximate surface area is 236 Å². The van der Waals surface area contributed by atoms with Gasteiger partial charge in [0, 0.05) is 32.2 Å². The highest BCUT2D eigenvalue weighted by molar-refractivity contribution is 5.92. The molecule has 1 saturated heterocycles. The molecule has 40 heavy (non-hydrogen) atoms. The van der Waals surface area contributed by atoms with Crippen LogP contribution in [-0.2, 0) is 26.2 Å². The zero-order valence-corrected chi connectivity index (χ0v) is 23.6. The van der Waals surface area contributed by atoms with Crippen LogP contribution in [0.5, 0.6) is 11.5 Å². The van der Waals surface area contributed by atoms with E-state index in [0.29, 0.717) is 18.6 Å². The number of hydrogen-bond donors (Lipinski definition) is 0. The monoisotopic (exact) mass is 542 g/mol. The van der Waals surface area contributed by atoms with Crippen molar-refractivity contribution >= 4 is 18.0 Å². The predicted octanol–water partition coefficient (Wildman–Crippen LogP) is 4.37. The third-order valence-corrected chi connectivity index (χ3v) is 10.3. The molecular formula is C33H38N2O5. The number of carbonyl (C=O) groups excluding carboxylic acids is 2.